The Kier molecular flexibility index (Phi) is 2.92. The average molecular weight is 282 g/mol. The Morgan fingerprint density at radius 1 is 1.20 bits per heavy atom. The van der Waals surface area contributed by atoms with Gasteiger partial charge in [-0.15, -0.1) is 5.10 Å². The van der Waals surface area contributed by atoms with Crippen LogP contribution in [0.15, 0.2) is 41.7 Å². The number of rotatable bonds is 4. The van der Waals surface area contributed by atoms with Crippen LogP contribution in [0.1, 0.15) is 30.1 Å². The van der Waals surface area contributed by atoms with Crippen molar-refractivity contribution in [3.05, 3.63) is 47.9 Å². The van der Waals surface area contributed by atoms with Crippen LogP contribution in [0.2, 0.25) is 0 Å². The van der Waals surface area contributed by atoms with Crippen LogP contribution in [0.25, 0.3) is 10.9 Å². The quantitative estimate of drug-likeness (QED) is 0.744. The summed E-state index contributed by atoms with van der Waals surface area (Å²) in [5, 5.41) is 9.34. The second kappa shape index (κ2) is 4.90. The summed E-state index contributed by atoms with van der Waals surface area (Å²) >= 11 is 1.66. The number of H-pyrrole nitrogens is 1. The highest BCUT2D eigenvalue weighted by Gasteiger charge is 2.27. The van der Waals surface area contributed by atoms with Gasteiger partial charge in [0.1, 0.15) is 5.82 Å². The zero-order valence-electron chi connectivity index (χ0n) is 10.9. The fourth-order valence-corrected chi connectivity index (χ4v) is 3.08. The molecule has 1 aliphatic carbocycles. The molecular weight excluding hydrogens is 268 g/mol. The van der Waals surface area contributed by atoms with Gasteiger partial charge in [0.2, 0.25) is 5.16 Å². The molecule has 100 valence electrons. The first kappa shape index (κ1) is 11.9. The highest BCUT2D eigenvalue weighted by atomic mass is 32.2. The number of hydrogen-bond acceptors (Lipinski definition) is 4. The fourth-order valence-electron chi connectivity index (χ4n) is 2.29. The van der Waals surface area contributed by atoms with Gasteiger partial charge in [0.05, 0.1) is 5.52 Å². The van der Waals surface area contributed by atoms with Crippen molar-refractivity contribution in [3.8, 4) is 0 Å². The molecule has 0 atom stereocenters. The fraction of sp³-hybridized carbons (Fsp3) is 0.267. The van der Waals surface area contributed by atoms with Crippen molar-refractivity contribution in [3.63, 3.8) is 0 Å². The first-order chi connectivity index (χ1) is 9.90. The third-order valence-corrected chi connectivity index (χ3v) is 4.42. The lowest BCUT2D eigenvalue weighted by molar-refractivity contribution is 0.932. The summed E-state index contributed by atoms with van der Waals surface area (Å²) in [7, 11) is 0. The number of nitrogens with one attached hydrogen (secondary N) is 1. The van der Waals surface area contributed by atoms with E-state index in [9.17, 15) is 0 Å². The number of fused-ring (bicyclic) bond motifs is 1. The second-order valence-corrected chi connectivity index (χ2v) is 6.00. The molecule has 0 spiro atoms. The van der Waals surface area contributed by atoms with E-state index in [0.717, 1.165) is 22.3 Å². The van der Waals surface area contributed by atoms with E-state index in [0.29, 0.717) is 5.92 Å². The number of aromatic amines is 1. The lowest BCUT2D eigenvalue weighted by Gasteiger charge is -2.03. The normalized spacial score (nSPS) is 14.8. The molecule has 1 saturated carbocycles. The van der Waals surface area contributed by atoms with Crippen molar-refractivity contribution in [2.75, 3.05) is 0 Å². The number of nitrogens with zero attached hydrogens (tertiary/aromatic N) is 3. The predicted octanol–water partition coefficient (Wildman–Crippen LogP) is 3.52. The summed E-state index contributed by atoms with van der Waals surface area (Å²) < 4.78 is 0. The highest BCUT2D eigenvalue weighted by Crippen LogP contribution is 2.38. The maximum absolute atomic E-state index is 4.54. The molecule has 0 amide bonds. The van der Waals surface area contributed by atoms with Crippen molar-refractivity contribution in [2.24, 2.45) is 0 Å². The van der Waals surface area contributed by atoms with Crippen molar-refractivity contribution in [2.45, 2.75) is 29.7 Å². The van der Waals surface area contributed by atoms with Gasteiger partial charge in [0.15, 0.2) is 0 Å². The topological polar surface area (TPSA) is 54.5 Å². The molecule has 20 heavy (non-hydrogen) atoms. The summed E-state index contributed by atoms with van der Waals surface area (Å²) in [4.78, 5) is 9.02. The number of thioether (sulfide) groups is 1. The Balaban J connectivity index is 1.54. The minimum absolute atomic E-state index is 0.621. The van der Waals surface area contributed by atoms with Crippen molar-refractivity contribution in [1.82, 2.24) is 20.2 Å². The standard InChI is InChI=1S/C15H14N4S/c1-3-10-5-2-8-16-13(10)12(4-1)9-20-15-17-14(18-19-15)11-6-7-11/h1-5,8,11H,6-7,9H2,(H,17,18,19). The third-order valence-electron chi connectivity index (χ3n) is 3.52. The molecule has 0 bridgehead atoms. The summed E-state index contributed by atoms with van der Waals surface area (Å²) in [6, 6.07) is 10.4. The molecule has 1 aromatic carbocycles. The maximum Gasteiger partial charge on any atom is 0.208 e. The first-order valence-corrected chi connectivity index (χ1v) is 7.76. The molecule has 2 heterocycles. The number of benzene rings is 1. The van der Waals surface area contributed by atoms with Crippen molar-refractivity contribution >= 4 is 22.7 Å². The smallest absolute Gasteiger partial charge is 0.208 e. The van der Waals surface area contributed by atoms with Crippen LogP contribution < -0.4 is 0 Å². The van der Waals surface area contributed by atoms with Crippen LogP contribution in [-0.4, -0.2) is 20.2 Å². The zero-order chi connectivity index (χ0) is 13.4. The van der Waals surface area contributed by atoms with E-state index in [-0.39, 0.29) is 0 Å². The molecule has 0 unspecified atom stereocenters. The molecule has 4 nitrogen and oxygen atoms in total. The summed E-state index contributed by atoms with van der Waals surface area (Å²) in [5.74, 6) is 2.51. The first-order valence-electron chi connectivity index (χ1n) is 6.78. The third kappa shape index (κ3) is 2.29. The van der Waals surface area contributed by atoms with E-state index in [1.165, 1.54) is 23.8 Å². The van der Waals surface area contributed by atoms with Gasteiger partial charge in [0, 0.05) is 23.3 Å². The lowest BCUT2D eigenvalue weighted by Crippen LogP contribution is -1.87. The van der Waals surface area contributed by atoms with E-state index >= 15 is 0 Å². The van der Waals surface area contributed by atoms with Crippen LogP contribution in [0.4, 0.5) is 0 Å². The molecule has 0 radical (unpaired) electrons. The highest BCUT2D eigenvalue weighted by molar-refractivity contribution is 7.98. The Morgan fingerprint density at radius 3 is 3.00 bits per heavy atom. The van der Waals surface area contributed by atoms with Crippen molar-refractivity contribution in [1.29, 1.82) is 0 Å². The van der Waals surface area contributed by atoms with Gasteiger partial charge in [-0.25, -0.2) is 4.98 Å². The molecule has 1 aliphatic rings. The molecule has 0 saturated heterocycles. The van der Waals surface area contributed by atoms with Crippen LogP contribution in [0.5, 0.6) is 0 Å². The van der Waals surface area contributed by atoms with E-state index in [2.05, 4.69) is 44.4 Å². The van der Waals surface area contributed by atoms with Gasteiger partial charge in [-0.2, -0.15) is 0 Å². The van der Waals surface area contributed by atoms with Gasteiger partial charge in [0.25, 0.3) is 0 Å². The van der Waals surface area contributed by atoms with Crippen LogP contribution in [-0.2, 0) is 5.75 Å². The maximum atomic E-state index is 4.54. The average Bonchev–Trinajstić information content (AvgIpc) is 3.24. The summed E-state index contributed by atoms with van der Waals surface area (Å²) in [5.41, 5.74) is 2.30. The monoisotopic (exact) mass is 282 g/mol. The second-order valence-electron chi connectivity index (χ2n) is 5.06. The van der Waals surface area contributed by atoms with Gasteiger partial charge in [-0.3, -0.25) is 10.1 Å². The van der Waals surface area contributed by atoms with E-state index in [4.69, 9.17) is 0 Å². The number of para-hydroxylation sites is 1. The Hall–Kier alpha value is -1.88. The minimum Gasteiger partial charge on any atom is -0.262 e. The van der Waals surface area contributed by atoms with Crippen molar-refractivity contribution < 1.29 is 0 Å². The predicted molar refractivity (Wildman–Crippen MR) is 79.7 cm³/mol. The molecular formula is C15H14N4S. The minimum atomic E-state index is 0.621. The van der Waals surface area contributed by atoms with E-state index in [1.807, 2.05) is 12.3 Å². The molecule has 1 N–H and O–H groups in total. The SMILES string of the molecule is c1cnc2c(CSc3n[nH]c(C4CC4)n3)cccc2c1. The number of hydrogen-bond donors (Lipinski definition) is 1. The molecule has 3 aromatic rings. The molecule has 4 rings (SSSR count). The molecule has 1 fully saturated rings. The zero-order valence-corrected chi connectivity index (χ0v) is 11.7. The molecule has 0 aliphatic heterocycles. The van der Waals surface area contributed by atoms with E-state index in [1.54, 1.807) is 11.8 Å². The van der Waals surface area contributed by atoms with Crippen LogP contribution >= 0.6 is 11.8 Å². The Bertz CT molecular complexity index is 743. The van der Waals surface area contributed by atoms with Crippen LogP contribution in [0, 0.1) is 0 Å². The van der Waals surface area contributed by atoms with Gasteiger partial charge < -0.3 is 0 Å². The van der Waals surface area contributed by atoms with Gasteiger partial charge >= 0.3 is 0 Å². The van der Waals surface area contributed by atoms with Gasteiger partial charge in [-0.1, -0.05) is 36.0 Å². The molecule has 2 aromatic heterocycles. The Morgan fingerprint density at radius 2 is 2.10 bits per heavy atom. The summed E-state index contributed by atoms with van der Waals surface area (Å²) in [6.07, 6.45) is 4.33. The largest absolute Gasteiger partial charge is 0.262 e. The van der Waals surface area contributed by atoms with Gasteiger partial charge in [-0.05, 0) is 24.5 Å². The number of pyridine rings is 1. The lowest BCUT2D eigenvalue weighted by atomic mass is 10.1. The molecule has 5 heteroatoms. The Labute approximate surface area is 121 Å². The van der Waals surface area contributed by atoms with Crippen LogP contribution in [0.3, 0.4) is 0 Å². The summed E-state index contributed by atoms with van der Waals surface area (Å²) in [6.45, 7) is 0. The number of aromatic nitrogens is 4. The van der Waals surface area contributed by atoms with E-state index < -0.39 is 0 Å².